The van der Waals surface area contributed by atoms with Crippen LogP contribution in [0, 0.1) is 0 Å². The van der Waals surface area contributed by atoms with Gasteiger partial charge in [0.25, 0.3) is 0 Å². The van der Waals surface area contributed by atoms with Gasteiger partial charge >= 0.3 is 5.97 Å². The first-order chi connectivity index (χ1) is 15.1. The van der Waals surface area contributed by atoms with Gasteiger partial charge in [-0.1, -0.05) is 36.4 Å². The van der Waals surface area contributed by atoms with E-state index in [0.29, 0.717) is 41.1 Å². The van der Waals surface area contributed by atoms with Gasteiger partial charge in [-0.05, 0) is 34.5 Å². The average molecular weight is 487 g/mol. The van der Waals surface area contributed by atoms with Crippen molar-refractivity contribution < 1.29 is 23.8 Å². The summed E-state index contributed by atoms with van der Waals surface area (Å²) in [6.07, 6.45) is 0.948. The molecule has 1 aromatic carbocycles. The number of aromatic nitrogens is 2. The average Bonchev–Trinajstić information content (AvgIpc) is 3.05. The maximum Gasteiger partial charge on any atom is 0.340 e. The van der Waals surface area contributed by atoms with Crippen LogP contribution in [0.4, 0.5) is 0 Å². The summed E-state index contributed by atoms with van der Waals surface area (Å²) in [6, 6.07) is 15.1. The zero-order chi connectivity index (χ0) is 22.2. The van der Waals surface area contributed by atoms with Gasteiger partial charge in [-0.3, -0.25) is 4.79 Å². The molecule has 162 valence electrons. The van der Waals surface area contributed by atoms with Crippen LogP contribution in [-0.4, -0.2) is 35.5 Å². The summed E-state index contributed by atoms with van der Waals surface area (Å²) in [7, 11) is 1.54. The molecule has 0 saturated heterocycles. The van der Waals surface area contributed by atoms with E-state index in [9.17, 15) is 9.59 Å². The van der Waals surface area contributed by atoms with Crippen molar-refractivity contribution in [1.29, 1.82) is 0 Å². The Labute approximate surface area is 189 Å². The lowest BCUT2D eigenvalue weighted by Gasteiger charge is -2.09. The Morgan fingerprint density at radius 1 is 1.16 bits per heavy atom. The topological polar surface area (TPSA) is 79.7 Å². The Balaban J connectivity index is 1.95. The molecule has 0 amide bonds. The quantitative estimate of drug-likeness (QED) is 0.312. The number of pyridine rings is 1. The molecular weight excluding hydrogens is 464 g/mol. The van der Waals surface area contributed by atoms with Gasteiger partial charge in [0.2, 0.25) is 5.88 Å². The second kappa shape index (κ2) is 10.9. The Morgan fingerprint density at radius 2 is 1.94 bits per heavy atom. The third-order valence-corrected chi connectivity index (χ3v) is 5.51. The molecule has 0 fully saturated rings. The number of nitrogens with zero attached hydrogens (tertiary/aromatic N) is 2. The number of hydrogen-bond acceptors (Lipinski definition) is 6. The number of aldehydes is 1. The van der Waals surface area contributed by atoms with E-state index in [4.69, 9.17) is 14.2 Å². The summed E-state index contributed by atoms with van der Waals surface area (Å²) in [4.78, 5) is 29.1. The van der Waals surface area contributed by atoms with Gasteiger partial charge < -0.3 is 18.8 Å². The molecule has 0 atom stereocenters. The van der Waals surface area contributed by atoms with E-state index in [2.05, 4.69) is 20.9 Å². The summed E-state index contributed by atoms with van der Waals surface area (Å²) in [5.41, 5.74) is 2.69. The molecule has 0 bridgehead atoms. The third kappa shape index (κ3) is 5.39. The number of methoxy groups -OCH3 is 1. The van der Waals surface area contributed by atoms with E-state index in [1.54, 1.807) is 17.6 Å². The van der Waals surface area contributed by atoms with Crippen LogP contribution < -0.4 is 4.74 Å². The van der Waals surface area contributed by atoms with Crippen LogP contribution in [-0.2, 0) is 29.2 Å². The standard InChI is InChI=1S/C23H23BrN2O5/c1-3-31-23(28)21-18(12-17-10-7-11-20(25-17)29-2)22(24)26(19(21)13-27)15-30-14-16-8-5-4-6-9-16/h4-11,13H,3,12,14-15H2,1-2H3. The maximum atomic E-state index is 12.7. The van der Waals surface area contributed by atoms with E-state index in [0.717, 1.165) is 5.56 Å². The van der Waals surface area contributed by atoms with Crippen molar-refractivity contribution in [3.05, 3.63) is 81.2 Å². The number of carbonyl (C=O) groups excluding carboxylic acids is 2. The number of benzene rings is 1. The molecule has 0 aliphatic heterocycles. The van der Waals surface area contributed by atoms with Crippen LogP contribution in [0.15, 0.2) is 53.1 Å². The molecule has 0 radical (unpaired) electrons. The molecule has 3 rings (SSSR count). The zero-order valence-corrected chi connectivity index (χ0v) is 18.9. The van der Waals surface area contributed by atoms with Crippen LogP contribution in [0.25, 0.3) is 0 Å². The van der Waals surface area contributed by atoms with Crippen molar-refractivity contribution in [2.75, 3.05) is 13.7 Å². The monoisotopic (exact) mass is 486 g/mol. The molecule has 0 aliphatic carbocycles. The number of esters is 1. The highest BCUT2D eigenvalue weighted by atomic mass is 79.9. The SMILES string of the molecule is CCOC(=O)c1c(Cc2cccc(OC)n2)c(Br)n(COCc2ccccc2)c1C=O. The van der Waals surface area contributed by atoms with Gasteiger partial charge in [-0.15, -0.1) is 0 Å². The molecule has 0 spiro atoms. The van der Waals surface area contributed by atoms with Gasteiger partial charge in [0.15, 0.2) is 6.29 Å². The van der Waals surface area contributed by atoms with Crippen LogP contribution >= 0.6 is 15.9 Å². The van der Waals surface area contributed by atoms with Crippen molar-refractivity contribution >= 4 is 28.2 Å². The van der Waals surface area contributed by atoms with Crippen LogP contribution in [0.1, 0.15) is 44.6 Å². The largest absolute Gasteiger partial charge is 0.481 e. The Kier molecular flexibility index (Phi) is 7.97. The van der Waals surface area contributed by atoms with E-state index in [1.165, 1.54) is 7.11 Å². The van der Waals surface area contributed by atoms with Gasteiger partial charge in [0.05, 0.1) is 36.2 Å². The maximum absolute atomic E-state index is 12.7. The lowest BCUT2D eigenvalue weighted by atomic mass is 10.1. The number of carbonyl (C=O) groups is 2. The molecule has 0 aliphatic rings. The number of hydrogen-bond donors (Lipinski definition) is 0. The Bertz CT molecular complexity index is 1050. The third-order valence-electron chi connectivity index (χ3n) is 4.61. The molecule has 0 unspecified atom stereocenters. The first-order valence-corrected chi connectivity index (χ1v) is 10.5. The van der Waals surface area contributed by atoms with Crippen LogP contribution in [0.2, 0.25) is 0 Å². The van der Waals surface area contributed by atoms with E-state index in [-0.39, 0.29) is 24.6 Å². The van der Waals surface area contributed by atoms with Gasteiger partial charge in [-0.25, -0.2) is 9.78 Å². The van der Waals surface area contributed by atoms with Crippen molar-refractivity contribution in [3.63, 3.8) is 0 Å². The lowest BCUT2D eigenvalue weighted by molar-refractivity contribution is 0.0515. The molecule has 3 aromatic rings. The van der Waals surface area contributed by atoms with Crippen LogP contribution in [0.3, 0.4) is 0 Å². The van der Waals surface area contributed by atoms with Crippen LogP contribution in [0.5, 0.6) is 5.88 Å². The minimum atomic E-state index is -0.565. The molecule has 0 saturated carbocycles. The summed E-state index contributed by atoms with van der Waals surface area (Å²) in [5, 5.41) is 0. The minimum Gasteiger partial charge on any atom is -0.481 e. The predicted octanol–water partition coefficient (Wildman–Crippen LogP) is 4.41. The lowest BCUT2D eigenvalue weighted by Crippen LogP contribution is -2.12. The zero-order valence-electron chi connectivity index (χ0n) is 17.3. The highest BCUT2D eigenvalue weighted by Gasteiger charge is 2.27. The normalized spacial score (nSPS) is 10.7. The fourth-order valence-electron chi connectivity index (χ4n) is 3.18. The summed E-state index contributed by atoms with van der Waals surface area (Å²) >= 11 is 3.55. The highest BCUT2D eigenvalue weighted by molar-refractivity contribution is 9.10. The van der Waals surface area contributed by atoms with Gasteiger partial charge in [0.1, 0.15) is 6.73 Å². The molecule has 0 N–H and O–H groups in total. The number of ether oxygens (including phenoxy) is 3. The summed E-state index contributed by atoms with van der Waals surface area (Å²) in [5.74, 6) is -0.0995. The van der Waals surface area contributed by atoms with Crippen molar-refractivity contribution in [3.8, 4) is 5.88 Å². The number of halogens is 1. The Morgan fingerprint density at radius 3 is 2.61 bits per heavy atom. The number of rotatable bonds is 10. The van der Waals surface area contributed by atoms with E-state index >= 15 is 0 Å². The predicted molar refractivity (Wildman–Crippen MR) is 118 cm³/mol. The molecule has 2 heterocycles. The first kappa shape index (κ1) is 22.7. The summed E-state index contributed by atoms with van der Waals surface area (Å²) < 4.78 is 18.4. The minimum absolute atomic E-state index is 0.0848. The summed E-state index contributed by atoms with van der Waals surface area (Å²) in [6.45, 7) is 2.37. The van der Waals surface area contributed by atoms with Crippen molar-refractivity contribution in [1.82, 2.24) is 9.55 Å². The molecule has 8 heteroatoms. The molecular formula is C23H23BrN2O5. The molecule has 7 nitrogen and oxygen atoms in total. The van der Waals surface area contributed by atoms with E-state index in [1.807, 2.05) is 42.5 Å². The smallest absolute Gasteiger partial charge is 0.340 e. The fraction of sp³-hybridized carbons (Fsp3) is 0.261. The molecule has 31 heavy (non-hydrogen) atoms. The fourth-order valence-corrected chi connectivity index (χ4v) is 3.81. The second-order valence-corrected chi connectivity index (χ2v) is 7.36. The van der Waals surface area contributed by atoms with Gasteiger partial charge in [-0.2, -0.15) is 0 Å². The highest BCUT2D eigenvalue weighted by Crippen LogP contribution is 2.30. The first-order valence-electron chi connectivity index (χ1n) is 9.73. The molecule has 2 aromatic heterocycles. The second-order valence-electron chi connectivity index (χ2n) is 6.61. The Hall–Kier alpha value is -2.97. The van der Waals surface area contributed by atoms with Gasteiger partial charge in [0, 0.05) is 23.7 Å². The van der Waals surface area contributed by atoms with Crippen molar-refractivity contribution in [2.45, 2.75) is 26.7 Å². The van der Waals surface area contributed by atoms with E-state index < -0.39 is 5.97 Å². The van der Waals surface area contributed by atoms with Crippen molar-refractivity contribution in [2.24, 2.45) is 0 Å².